The first-order chi connectivity index (χ1) is 6.41. The van der Waals surface area contributed by atoms with Gasteiger partial charge in [-0.25, -0.2) is 9.59 Å². The van der Waals surface area contributed by atoms with Gasteiger partial charge in [0.2, 0.25) is 0 Å². The highest BCUT2D eigenvalue weighted by molar-refractivity contribution is 5.93. The molecule has 0 aliphatic carbocycles. The number of carbonyl (C=O) groups excluding carboxylic acids is 2. The number of hydrogen-bond acceptors (Lipinski definition) is 6. The van der Waals surface area contributed by atoms with Gasteiger partial charge >= 0.3 is 17.9 Å². The van der Waals surface area contributed by atoms with Crippen LogP contribution in [0.5, 0.6) is 0 Å². The van der Waals surface area contributed by atoms with Gasteiger partial charge in [0, 0.05) is 18.2 Å². The van der Waals surface area contributed by atoms with E-state index in [0.717, 1.165) is 12.2 Å². The second kappa shape index (κ2) is 3.77. The van der Waals surface area contributed by atoms with Gasteiger partial charge in [-0.2, -0.15) is 0 Å². The topological polar surface area (TPSA) is 98.9 Å². The Morgan fingerprint density at radius 2 is 1.86 bits per heavy atom. The lowest BCUT2D eigenvalue weighted by Crippen LogP contribution is -2.42. The zero-order valence-electron chi connectivity index (χ0n) is 7.60. The van der Waals surface area contributed by atoms with Crippen LogP contribution in [-0.2, 0) is 19.1 Å². The Morgan fingerprint density at radius 3 is 2.21 bits per heavy atom. The lowest BCUT2D eigenvalue weighted by molar-refractivity contribution is -0.323. The van der Waals surface area contributed by atoms with Crippen molar-refractivity contribution in [1.29, 1.82) is 0 Å². The molecule has 14 heavy (non-hydrogen) atoms. The fraction of sp³-hybridized carbons (Fsp3) is 0.500. The average Bonchev–Trinajstić information content (AvgIpc) is 2.07. The maximum Gasteiger partial charge on any atom is 0.375 e. The standard InChI is InChI=1S/C8H11NO5/c1-5(9)4-8(12)13-6(10)2-3-7(11)14-8/h2-3,5,12H,4,9H2,1H3/t5-/m0/s1. The van der Waals surface area contributed by atoms with Crippen molar-refractivity contribution in [1.82, 2.24) is 0 Å². The van der Waals surface area contributed by atoms with Gasteiger partial charge in [0.05, 0.1) is 6.42 Å². The molecule has 1 heterocycles. The van der Waals surface area contributed by atoms with Crippen LogP contribution in [0, 0.1) is 0 Å². The van der Waals surface area contributed by atoms with Crippen LogP contribution in [0.25, 0.3) is 0 Å². The fourth-order valence-corrected chi connectivity index (χ4v) is 1.03. The lowest BCUT2D eigenvalue weighted by atomic mass is 10.2. The molecule has 0 aromatic rings. The van der Waals surface area contributed by atoms with Crippen molar-refractivity contribution in [2.45, 2.75) is 25.4 Å². The summed E-state index contributed by atoms with van der Waals surface area (Å²) in [4.78, 5) is 21.8. The van der Waals surface area contributed by atoms with Crippen molar-refractivity contribution in [3.63, 3.8) is 0 Å². The highest BCUT2D eigenvalue weighted by Crippen LogP contribution is 2.19. The van der Waals surface area contributed by atoms with Crippen molar-refractivity contribution < 1.29 is 24.2 Å². The number of ether oxygens (including phenoxy) is 2. The second-order valence-electron chi connectivity index (χ2n) is 3.07. The minimum absolute atomic E-state index is 0.174. The molecule has 1 rings (SSSR count). The molecule has 0 radical (unpaired) electrons. The predicted molar refractivity (Wildman–Crippen MR) is 44.5 cm³/mol. The molecule has 0 saturated heterocycles. The molecule has 0 amide bonds. The van der Waals surface area contributed by atoms with E-state index in [-0.39, 0.29) is 6.42 Å². The summed E-state index contributed by atoms with van der Waals surface area (Å²) in [5.41, 5.74) is 5.39. The van der Waals surface area contributed by atoms with E-state index in [1.807, 2.05) is 0 Å². The van der Waals surface area contributed by atoms with E-state index in [2.05, 4.69) is 9.47 Å². The summed E-state index contributed by atoms with van der Waals surface area (Å²) < 4.78 is 8.97. The van der Waals surface area contributed by atoms with Crippen LogP contribution in [0.2, 0.25) is 0 Å². The molecule has 0 spiro atoms. The predicted octanol–water partition coefficient (Wildman–Crippen LogP) is -0.974. The number of aliphatic hydroxyl groups is 1. The maximum absolute atomic E-state index is 10.9. The number of nitrogens with two attached hydrogens (primary N) is 1. The highest BCUT2D eigenvalue weighted by atomic mass is 16.8. The molecule has 0 unspecified atom stereocenters. The molecule has 1 aliphatic heterocycles. The molecular formula is C8H11NO5. The number of esters is 2. The van der Waals surface area contributed by atoms with Crippen molar-refractivity contribution >= 4 is 11.9 Å². The monoisotopic (exact) mass is 201 g/mol. The molecule has 0 fully saturated rings. The van der Waals surface area contributed by atoms with E-state index >= 15 is 0 Å². The molecule has 6 nitrogen and oxygen atoms in total. The van der Waals surface area contributed by atoms with E-state index < -0.39 is 24.0 Å². The van der Waals surface area contributed by atoms with Crippen LogP contribution in [0.4, 0.5) is 0 Å². The lowest BCUT2D eigenvalue weighted by Gasteiger charge is -2.25. The zero-order valence-corrected chi connectivity index (χ0v) is 7.60. The summed E-state index contributed by atoms with van der Waals surface area (Å²) in [7, 11) is 0. The Bertz CT molecular complexity index is 263. The van der Waals surface area contributed by atoms with Gasteiger partial charge in [0.1, 0.15) is 0 Å². The second-order valence-corrected chi connectivity index (χ2v) is 3.07. The molecule has 0 aromatic carbocycles. The van der Waals surface area contributed by atoms with Crippen LogP contribution in [-0.4, -0.2) is 29.1 Å². The molecule has 3 N–H and O–H groups in total. The molecule has 78 valence electrons. The Balaban J connectivity index is 2.78. The first-order valence-corrected chi connectivity index (χ1v) is 4.03. The number of cyclic esters (lactones) is 2. The molecule has 0 saturated carbocycles. The molecular weight excluding hydrogens is 190 g/mol. The molecule has 6 heteroatoms. The van der Waals surface area contributed by atoms with Crippen molar-refractivity contribution in [3.8, 4) is 0 Å². The SMILES string of the molecule is C[C@H](N)CC1(O)OC(=O)C=CC(=O)O1. The number of rotatable bonds is 2. The van der Waals surface area contributed by atoms with Crippen LogP contribution < -0.4 is 5.73 Å². The van der Waals surface area contributed by atoms with Gasteiger partial charge in [-0.05, 0) is 6.92 Å². The van der Waals surface area contributed by atoms with E-state index in [1.54, 1.807) is 6.92 Å². The van der Waals surface area contributed by atoms with Crippen molar-refractivity contribution in [2.75, 3.05) is 0 Å². The Kier molecular flexibility index (Phi) is 2.87. The van der Waals surface area contributed by atoms with Gasteiger partial charge < -0.3 is 20.3 Å². The highest BCUT2D eigenvalue weighted by Gasteiger charge is 2.38. The van der Waals surface area contributed by atoms with Crippen LogP contribution in [0.15, 0.2) is 12.2 Å². The van der Waals surface area contributed by atoms with Gasteiger partial charge in [0.15, 0.2) is 0 Å². The van der Waals surface area contributed by atoms with E-state index in [4.69, 9.17) is 5.73 Å². The normalized spacial score (nSPS) is 22.2. The fourth-order valence-electron chi connectivity index (χ4n) is 1.03. The third kappa shape index (κ3) is 2.82. The van der Waals surface area contributed by atoms with Crippen LogP contribution in [0.3, 0.4) is 0 Å². The van der Waals surface area contributed by atoms with Gasteiger partial charge in [-0.3, -0.25) is 0 Å². The van der Waals surface area contributed by atoms with E-state index in [1.165, 1.54) is 0 Å². The first-order valence-electron chi connectivity index (χ1n) is 4.03. The number of hydrogen-bond donors (Lipinski definition) is 2. The number of carbonyl (C=O) groups is 2. The quantitative estimate of drug-likeness (QED) is 0.557. The Morgan fingerprint density at radius 1 is 1.43 bits per heavy atom. The third-order valence-corrected chi connectivity index (χ3v) is 1.46. The molecule has 1 atom stereocenters. The van der Waals surface area contributed by atoms with Crippen molar-refractivity contribution in [2.24, 2.45) is 5.73 Å². The van der Waals surface area contributed by atoms with Crippen LogP contribution in [0.1, 0.15) is 13.3 Å². The van der Waals surface area contributed by atoms with Crippen LogP contribution >= 0.6 is 0 Å². The summed E-state index contributed by atoms with van der Waals surface area (Å²) in [6.45, 7) is 1.58. The third-order valence-electron chi connectivity index (χ3n) is 1.46. The Labute approximate surface area is 80.3 Å². The molecule has 0 aromatic heterocycles. The summed E-state index contributed by atoms with van der Waals surface area (Å²) in [6, 6.07) is -0.473. The Hall–Kier alpha value is -1.40. The van der Waals surface area contributed by atoms with Crippen molar-refractivity contribution in [3.05, 3.63) is 12.2 Å². The summed E-state index contributed by atoms with van der Waals surface area (Å²) in [6.07, 6.45) is 1.58. The maximum atomic E-state index is 10.9. The van der Waals surface area contributed by atoms with Gasteiger partial charge in [-0.1, -0.05) is 0 Å². The largest absolute Gasteiger partial charge is 0.395 e. The summed E-state index contributed by atoms with van der Waals surface area (Å²) in [5.74, 6) is -3.95. The molecule has 0 bridgehead atoms. The minimum atomic E-state index is -2.26. The molecule has 1 aliphatic rings. The van der Waals surface area contributed by atoms with Gasteiger partial charge in [0.25, 0.3) is 0 Å². The summed E-state index contributed by atoms with van der Waals surface area (Å²) in [5, 5.41) is 9.56. The van der Waals surface area contributed by atoms with Gasteiger partial charge in [-0.15, -0.1) is 0 Å². The first kappa shape index (κ1) is 10.7. The zero-order chi connectivity index (χ0) is 10.8. The average molecular weight is 201 g/mol. The van der Waals surface area contributed by atoms with E-state index in [0.29, 0.717) is 0 Å². The van der Waals surface area contributed by atoms with E-state index in [9.17, 15) is 14.7 Å². The minimum Gasteiger partial charge on any atom is -0.395 e. The summed E-state index contributed by atoms with van der Waals surface area (Å²) >= 11 is 0. The smallest absolute Gasteiger partial charge is 0.375 e.